The second kappa shape index (κ2) is 7.06. The highest BCUT2D eigenvalue weighted by atomic mass is 16.5. The second-order valence-corrected chi connectivity index (χ2v) is 7.37. The zero-order valence-electron chi connectivity index (χ0n) is 16.0. The molecule has 0 unspecified atom stereocenters. The number of nitrogens with zero attached hydrogens (tertiary/aromatic N) is 4. The molecule has 0 aliphatic heterocycles. The highest BCUT2D eigenvalue weighted by Gasteiger charge is 2.23. The van der Waals surface area contributed by atoms with E-state index >= 15 is 0 Å². The fourth-order valence-corrected chi connectivity index (χ4v) is 3.71. The number of anilines is 2. The molecule has 0 atom stereocenters. The van der Waals surface area contributed by atoms with Crippen molar-refractivity contribution in [3.63, 3.8) is 0 Å². The van der Waals surface area contributed by atoms with Crippen molar-refractivity contribution in [1.29, 1.82) is 0 Å². The maximum atomic E-state index is 12.7. The maximum absolute atomic E-state index is 12.7. The topological polar surface area (TPSA) is 74.0 Å². The molecule has 1 saturated carbocycles. The Morgan fingerprint density at radius 1 is 1.19 bits per heavy atom. The van der Waals surface area contributed by atoms with E-state index in [0.29, 0.717) is 11.6 Å². The third-order valence-electron chi connectivity index (χ3n) is 5.00. The van der Waals surface area contributed by atoms with Gasteiger partial charge in [-0.15, -0.1) is 0 Å². The molecule has 1 aliphatic carbocycles. The monoisotopic (exact) mass is 367 g/mol. The van der Waals surface area contributed by atoms with E-state index < -0.39 is 0 Å². The molecule has 0 bridgehead atoms. The molecule has 4 rings (SSSR count). The van der Waals surface area contributed by atoms with Gasteiger partial charge in [0.1, 0.15) is 11.3 Å². The molecule has 1 N–H and O–H groups in total. The molecule has 1 fully saturated rings. The quantitative estimate of drug-likeness (QED) is 0.743. The lowest BCUT2D eigenvalue weighted by molar-refractivity contribution is 0.242. The molecule has 7 nitrogen and oxygen atoms in total. The maximum Gasteiger partial charge on any atom is 0.330 e. The van der Waals surface area contributed by atoms with Crippen LogP contribution in [0.15, 0.2) is 35.3 Å². The average Bonchev–Trinajstić information content (AvgIpc) is 3.24. The number of hydrogen-bond acceptors (Lipinski definition) is 5. The minimum absolute atomic E-state index is 0.0152. The first-order valence-corrected chi connectivity index (χ1v) is 9.50. The van der Waals surface area contributed by atoms with Gasteiger partial charge in [-0.25, -0.2) is 9.78 Å². The summed E-state index contributed by atoms with van der Waals surface area (Å²) in [6, 6.07) is 7.92. The van der Waals surface area contributed by atoms with E-state index in [1.54, 1.807) is 17.8 Å². The van der Waals surface area contributed by atoms with Crippen molar-refractivity contribution >= 4 is 22.8 Å². The Bertz CT molecular complexity index is 998. The van der Waals surface area contributed by atoms with E-state index in [4.69, 9.17) is 4.74 Å². The van der Waals surface area contributed by atoms with Gasteiger partial charge in [-0.3, -0.25) is 9.13 Å². The molecule has 0 amide bonds. The summed E-state index contributed by atoms with van der Waals surface area (Å²) in [6.07, 6.45) is 6.24. The Morgan fingerprint density at radius 3 is 2.56 bits per heavy atom. The van der Waals surface area contributed by atoms with Crippen LogP contribution >= 0.6 is 0 Å². The summed E-state index contributed by atoms with van der Waals surface area (Å²) in [5, 5.41) is 3.22. The van der Waals surface area contributed by atoms with Crippen molar-refractivity contribution in [1.82, 2.24) is 19.1 Å². The molecule has 3 aromatic rings. The molecule has 1 aliphatic rings. The van der Waals surface area contributed by atoms with Crippen LogP contribution in [-0.4, -0.2) is 25.2 Å². The number of aryl methyl sites for hydroxylation is 1. The van der Waals surface area contributed by atoms with E-state index in [2.05, 4.69) is 15.3 Å². The Labute approximate surface area is 158 Å². The van der Waals surface area contributed by atoms with E-state index in [9.17, 15) is 4.79 Å². The van der Waals surface area contributed by atoms with Crippen LogP contribution in [0.5, 0.6) is 5.75 Å². The van der Waals surface area contributed by atoms with Crippen molar-refractivity contribution in [3.05, 3.63) is 40.9 Å². The van der Waals surface area contributed by atoms with E-state index in [0.717, 1.165) is 42.6 Å². The van der Waals surface area contributed by atoms with Gasteiger partial charge >= 0.3 is 5.69 Å². The highest BCUT2D eigenvalue weighted by Crippen LogP contribution is 2.30. The largest absolute Gasteiger partial charge is 0.491 e. The van der Waals surface area contributed by atoms with Crippen LogP contribution in [0.3, 0.4) is 0 Å². The molecule has 0 spiro atoms. The molecule has 142 valence electrons. The van der Waals surface area contributed by atoms with Gasteiger partial charge in [0.25, 0.3) is 0 Å². The molecule has 2 aromatic heterocycles. The van der Waals surface area contributed by atoms with Crippen molar-refractivity contribution in [2.24, 2.45) is 7.05 Å². The summed E-state index contributed by atoms with van der Waals surface area (Å²) in [4.78, 5) is 21.7. The van der Waals surface area contributed by atoms with Gasteiger partial charge in [0.05, 0.1) is 12.3 Å². The van der Waals surface area contributed by atoms with Gasteiger partial charge in [-0.2, -0.15) is 4.98 Å². The molecule has 2 heterocycles. The van der Waals surface area contributed by atoms with E-state index in [1.165, 1.54) is 0 Å². The highest BCUT2D eigenvalue weighted by molar-refractivity contribution is 5.73. The van der Waals surface area contributed by atoms with Crippen LogP contribution < -0.4 is 15.7 Å². The Balaban J connectivity index is 1.65. The molecule has 1 aromatic carbocycles. The van der Waals surface area contributed by atoms with Crippen molar-refractivity contribution in [2.75, 3.05) is 5.32 Å². The van der Waals surface area contributed by atoms with Crippen molar-refractivity contribution in [2.45, 2.75) is 51.7 Å². The van der Waals surface area contributed by atoms with Crippen LogP contribution in [-0.2, 0) is 7.05 Å². The van der Waals surface area contributed by atoms with Gasteiger partial charge in [0.15, 0.2) is 5.65 Å². The third-order valence-corrected chi connectivity index (χ3v) is 5.00. The number of hydrogen-bond donors (Lipinski definition) is 1. The number of aromatic nitrogens is 4. The standard InChI is InChI=1S/C20H25N5O2/c1-13(2)27-16-10-8-14(9-11-16)22-19-21-12-17-18(23-19)25(20(26)24(17)3)15-6-4-5-7-15/h8-13,15H,4-7H2,1-3H3,(H,21,22,23). The Kier molecular flexibility index (Phi) is 4.59. The Hall–Kier alpha value is -2.83. The number of rotatable bonds is 5. The van der Waals surface area contributed by atoms with Crippen molar-refractivity contribution < 1.29 is 4.74 Å². The fourth-order valence-electron chi connectivity index (χ4n) is 3.71. The predicted molar refractivity (Wildman–Crippen MR) is 106 cm³/mol. The average molecular weight is 367 g/mol. The lowest BCUT2D eigenvalue weighted by Gasteiger charge is -2.12. The molecule has 7 heteroatoms. The normalized spacial score (nSPS) is 15.0. The fraction of sp³-hybridized carbons (Fsp3) is 0.450. The predicted octanol–water partition coefficient (Wildman–Crippen LogP) is 3.78. The number of fused-ring (bicyclic) bond motifs is 1. The van der Waals surface area contributed by atoms with Crippen LogP contribution in [0.1, 0.15) is 45.6 Å². The summed E-state index contributed by atoms with van der Waals surface area (Å²) in [6.45, 7) is 4.00. The molecule has 27 heavy (non-hydrogen) atoms. The second-order valence-electron chi connectivity index (χ2n) is 7.37. The first-order valence-electron chi connectivity index (χ1n) is 9.50. The van der Waals surface area contributed by atoms with Crippen LogP contribution in [0.25, 0.3) is 11.2 Å². The zero-order chi connectivity index (χ0) is 19.0. The summed E-state index contributed by atoms with van der Waals surface area (Å²) in [7, 11) is 1.78. The number of imidazole rings is 1. The van der Waals surface area contributed by atoms with Crippen LogP contribution in [0.2, 0.25) is 0 Å². The third kappa shape index (κ3) is 3.41. The molecular weight excluding hydrogens is 342 g/mol. The lowest BCUT2D eigenvalue weighted by atomic mass is 10.2. The van der Waals surface area contributed by atoms with Crippen LogP contribution in [0, 0.1) is 0 Å². The Morgan fingerprint density at radius 2 is 1.89 bits per heavy atom. The first-order chi connectivity index (χ1) is 13.0. The number of ether oxygens (including phenoxy) is 1. The first kappa shape index (κ1) is 17.6. The lowest BCUT2D eigenvalue weighted by Crippen LogP contribution is -2.25. The molecule has 0 saturated heterocycles. The van der Waals surface area contributed by atoms with Crippen LogP contribution in [0.4, 0.5) is 11.6 Å². The smallest absolute Gasteiger partial charge is 0.330 e. The summed E-state index contributed by atoms with van der Waals surface area (Å²) < 4.78 is 9.14. The van der Waals surface area contributed by atoms with Gasteiger partial charge in [0, 0.05) is 18.8 Å². The summed E-state index contributed by atoms with van der Waals surface area (Å²) >= 11 is 0. The summed E-state index contributed by atoms with van der Waals surface area (Å²) in [5.74, 6) is 1.31. The van der Waals surface area contributed by atoms with Crippen molar-refractivity contribution in [3.8, 4) is 5.75 Å². The zero-order valence-corrected chi connectivity index (χ0v) is 16.0. The minimum atomic E-state index is -0.0152. The molecular formula is C20H25N5O2. The SMILES string of the molecule is CC(C)Oc1ccc(Nc2ncc3c(n2)n(C2CCCC2)c(=O)n3C)cc1. The van der Waals surface area contributed by atoms with E-state index in [1.807, 2.05) is 42.7 Å². The van der Waals surface area contributed by atoms with Gasteiger partial charge in [-0.05, 0) is 51.0 Å². The van der Waals surface area contributed by atoms with E-state index in [-0.39, 0.29) is 17.8 Å². The number of benzene rings is 1. The minimum Gasteiger partial charge on any atom is -0.491 e. The number of nitrogens with one attached hydrogen (secondary N) is 1. The van der Waals surface area contributed by atoms with Gasteiger partial charge < -0.3 is 10.1 Å². The van der Waals surface area contributed by atoms with Gasteiger partial charge in [0.2, 0.25) is 5.95 Å². The molecule has 0 radical (unpaired) electrons. The van der Waals surface area contributed by atoms with Gasteiger partial charge in [-0.1, -0.05) is 12.8 Å². The summed E-state index contributed by atoms with van der Waals surface area (Å²) in [5.41, 5.74) is 2.32.